The largest absolute Gasteiger partial charge is 0.465 e. The van der Waals surface area contributed by atoms with Crippen molar-refractivity contribution in [1.82, 2.24) is 4.90 Å². The maximum Gasteiger partial charge on any atom is 0.410 e. The second-order valence-electron chi connectivity index (χ2n) is 6.47. The van der Waals surface area contributed by atoms with Gasteiger partial charge in [0.05, 0.1) is 25.0 Å². The molecule has 1 aliphatic rings. The monoisotopic (exact) mass is 404 g/mol. The van der Waals surface area contributed by atoms with Crippen molar-refractivity contribution in [3.8, 4) is 0 Å². The van der Waals surface area contributed by atoms with Crippen molar-refractivity contribution >= 4 is 23.7 Å². The number of carbonyl (C=O) groups is 3. The summed E-state index contributed by atoms with van der Waals surface area (Å²) in [7, 11) is 1.57. The van der Waals surface area contributed by atoms with Gasteiger partial charge in [-0.2, -0.15) is 0 Å². The fourth-order valence-electron chi connectivity index (χ4n) is 3.13. The highest BCUT2D eigenvalue weighted by molar-refractivity contribution is 6.00. The number of rotatable bonds is 7. The van der Waals surface area contributed by atoms with E-state index in [9.17, 15) is 14.4 Å². The van der Waals surface area contributed by atoms with Gasteiger partial charge in [0.1, 0.15) is 13.1 Å². The van der Waals surface area contributed by atoms with Crippen LogP contribution < -0.4 is 4.90 Å². The number of benzene rings is 1. The van der Waals surface area contributed by atoms with Gasteiger partial charge in [-0.1, -0.05) is 24.3 Å². The lowest BCUT2D eigenvalue weighted by Gasteiger charge is -2.26. The third-order valence-corrected chi connectivity index (χ3v) is 4.55. The highest BCUT2D eigenvalue weighted by Gasteiger charge is 2.31. The summed E-state index contributed by atoms with van der Waals surface area (Å²) in [6.07, 6.45) is 1.71. The smallest absolute Gasteiger partial charge is 0.410 e. The standard InChI is InChI=1S/C21H28N2O6/c1-4-6-13-29-21(26)22-12-11-18(27-3)16-9-7-8-10-17(16)23(19(24)14-22)15-20(25)28-5-2/h4,7-10,18H,1,5-6,11-15H2,2-3H3. The summed E-state index contributed by atoms with van der Waals surface area (Å²) in [5.41, 5.74) is 1.34. The van der Waals surface area contributed by atoms with Crippen molar-refractivity contribution in [3.05, 3.63) is 42.5 Å². The Hall–Kier alpha value is -2.87. The summed E-state index contributed by atoms with van der Waals surface area (Å²) < 4.78 is 15.9. The van der Waals surface area contributed by atoms with Crippen molar-refractivity contribution in [1.29, 1.82) is 0 Å². The van der Waals surface area contributed by atoms with Crippen LogP contribution in [0.25, 0.3) is 0 Å². The Morgan fingerprint density at radius 3 is 2.72 bits per heavy atom. The van der Waals surface area contributed by atoms with E-state index >= 15 is 0 Å². The minimum absolute atomic E-state index is 0.188. The van der Waals surface area contributed by atoms with Gasteiger partial charge in [0, 0.05) is 19.2 Å². The molecule has 8 nitrogen and oxygen atoms in total. The molecule has 2 amide bonds. The number of anilines is 1. The lowest BCUT2D eigenvalue weighted by molar-refractivity contribution is -0.142. The predicted molar refractivity (Wildman–Crippen MR) is 108 cm³/mol. The molecule has 29 heavy (non-hydrogen) atoms. The zero-order chi connectivity index (χ0) is 21.2. The van der Waals surface area contributed by atoms with Gasteiger partial charge in [-0.15, -0.1) is 6.58 Å². The normalized spacial score (nSPS) is 16.9. The van der Waals surface area contributed by atoms with E-state index in [4.69, 9.17) is 14.2 Å². The third kappa shape index (κ3) is 6.05. The Morgan fingerprint density at radius 1 is 1.28 bits per heavy atom. The fourth-order valence-corrected chi connectivity index (χ4v) is 3.13. The van der Waals surface area contributed by atoms with Crippen molar-refractivity contribution in [2.75, 3.05) is 44.9 Å². The molecule has 0 radical (unpaired) electrons. The number of carbonyl (C=O) groups excluding carboxylic acids is 3. The summed E-state index contributed by atoms with van der Waals surface area (Å²) in [5.74, 6) is -0.924. The molecule has 1 aromatic carbocycles. The number of nitrogens with zero attached hydrogens (tertiary/aromatic N) is 2. The molecule has 1 aromatic rings. The van der Waals surface area contributed by atoms with Crippen molar-refractivity contribution in [2.45, 2.75) is 25.9 Å². The van der Waals surface area contributed by atoms with Crippen LogP contribution in [0.2, 0.25) is 0 Å². The Kier molecular flexibility index (Phi) is 8.67. The Morgan fingerprint density at radius 2 is 2.03 bits per heavy atom. The lowest BCUT2D eigenvalue weighted by atomic mass is 10.0. The molecule has 0 saturated carbocycles. The van der Waals surface area contributed by atoms with Gasteiger partial charge in [-0.05, 0) is 25.8 Å². The molecule has 8 heteroatoms. The van der Waals surface area contributed by atoms with E-state index in [-0.39, 0.29) is 39.0 Å². The molecule has 1 atom stereocenters. The first-order valence-electron chi connectivity index (χ1n) is 9.62. The van der Waals surface area contributed by atoms with Gasteiger partial charge in [0.15, 0.2) is 0 Å². The average Bonchev–Trinajstić information content (AvgIpc) is 2.76. The van der Waals surface area contributed by atoms with Crippen LogP contribution in [-0.2, 0) is 23.8 Å². The molecule has 1 unspecified atom stereocenters. The number of fused-ring (bicyclic) bond motifs is 1. The summed E-state index contributed by atoms with van der Waals surface area (Å²) in [5, 5.41) is 0. The van der Waals surface area contributed by atoms with Crippen LogP contribution in [-0.4, -0.2) is 62.8 Å². The van der Waals surface area contributed by atoms with Crippen LogP contribution in [0.15, 0.2) is 36.9 Å². The van der Waals surface area contributed by atoms with Crippen LogP contribution in [0.1, 0.15) is 31.4 Å². The van der Waals surface area contributed by atoms with E-state index in [0.717, 1.165) is 5.56 Å². The summed E-state index contributed by atoms with van der Waals surface area (Å²) >= 11 is 0. The number of ether oxygens (including phenoxy) is 3. The van der Waals surface area contributed by atoms with Gasteiger partial charge < -0.3 is 14.2 Å². The second kappa shape index (κ2) is 11.2. The summed E-state index contributed by atoms with van der Waals surface area (Å²) in [4.78, 5) is 40.3. The first kappa shape index (κ1) is 22.4. The molecule has 0 fully saturated rings. The minimum Gasteiger partial charge on any atom is -0.465 e. The minimum atomic E-state index is -0.586. The molecule has 0 N–H and O–H groups in total. The molecule has 0 aliphatic carbocycles. The van der Waals surface area contributed by atoms with Crippen LogP contribution in [0.3, 0.4) is 0 Å². The van der Waals surface area contributed by atoms with Gasteiger partial charge in [0.2, 0.25) is 5.91 Å². The lowest BCUT2D eigenvalue weighted by Crippen LogP contribution is -2.45. The predicted octanol–water partition coefficient (Wildman–Crippen LogP) is 2.69. The quantitative estimate of drug-likeness (QED) is 0.395. The van der Waals surface area contributed by atoms with Crippen molar-refractivity contribution in [2.24, 2.45) is 0 Å². The van der Waals surface area contributed by atoms with E-state index in [0.29, 0.717) is 18.5 Å². The van der Waals surface area contributed by atoms with E-state index in [2.05, 4.69) is 6.58 Å². The summed E-state index contributed by atoms with van der Waals surface area (Å²) in [6, 6.07) is 7.25. The van der Waals surface area contributed by atoms with Crippen molar-refractivity contribution in [3.63, 3.8) is 0 Å². The highest BCUT2D eigenvalue weighted by atomic mass is 16.6. The fraction of sp³-hybridized carbons (Fsp3) is 0.476. The number of hydrogen-bond donors (Lipinski definition) is 0. The number of esters is 1. The van der Waals surface area contributed by atoms with Gasteiger partial charge in [0.25, 0.3) is 0 Å². The zero-order valence-electron chi connectivity index (χ0n) is 17.0. The van der Waals surface area contributed by atoms with Gasteiger partial charge in [-0.25, -0.2) is 4.79 Å². The van der Waals surface area contributed by atoms with Crippen LogP contribution >= 0.6 is 0 Å². The van der Waals surface area contributed by atoms with E-state index < -0.39 is 18.0 Å². The molecular weight excluding hydrogens is 376 g/mol. The molecule has 0 aromatic heterocycles. The molecule has 1 aliphatic heterocycles. The van der Waals surface area contributed by atoms with E-state index in [1.54, 1.807) is 32.2 Å². The molecule has 158 valence electrons. The Labute approximate surface area is 171 Å². The first-order chi connectivity index (χ1) is 14.0. The number of hydrogen-bond acceptors (Lipinski definition) is 6. The molecule has 1 heterocycles. The zero-order valence-corrected chi connectivity index (χ0v) is 17.0. The molecule has 0 saturated heterocycles. The van der Waals surface area contributed by atoms with E-state index in [1.807, 2.05) is 12.1 Å². The van der Waals surface area contributed by atoms with Crippen LogP contribution in [0, 0.1) is 0 Å². The Balaban J connectivity index is 2.34. The maximum atomic E-state index is 13.1. The Bertz CT molecular complexity index is 736. The van der Waals surface area contributed by atoms with Crippen LogP contribution in [0.4, 0.5) is 10.5 Å². The summed E-state index contributed by atoms with van der Waals surface area (Å²) in [6.45, 7) is 5.51. The molecule has 2 rings (SSSR count). The second-order valence-corrected chi connectivity index (χ2v) is 6.47. The number of methoxy groups -OCH3 is 1. The molecule has 0 bridgehead atoms. The van der Waals surface area contributed by atoms with Crippen molar-refractivity contribution < 1.29 is 28.6 Å². The first-order valence-corrected chi connectivity index (χ1v) is 9.62. The average molecular weight is 404 g/mol. The SMILES string of the molecule is C=CCCOC(=O)N1CCC(OC)c2ccccc2N(CC(=O)OCC)C(=O)C1. The van der Waals surface area contributed by atoms with Gasteiger partial charge >= 0.3 is 12.1 Å². The van der Waals surface area contributed by atoms with E-state index in [1.165, 1.54) is 9.80 Å². The third-order valence-electron chi connectivity index (χ3n) is 4.55. The van der Waals surface area contributed by atoms with Gasteiger partial charge in [-0.3, -0.25) is 19.4 Å². The highest BCUT2D eigenvalue weighted by Crippen LogP contribution is 2.32. The topological polar surface area (TPSA) is 85.4 Å². The molecular formula is C21H28N2O6. The number of amides is 2. The number of para-hydroxylation sites is 1. The maximum absolute atomic E-state index is 13.1. The molecule has 0 spiro atoms. The van der Waals surface area contributed by atoms with Crippen LogP contribution in [0.5, 0.6) is 0 Å².